The van der Waals surface area contributed by atoms with Gasteiger partial charge in [-0.05, 0) is 70.2 Å². The fourth-order valence-electron chi connectivity index (χ4n) is 8.60. The lowest BCUT2D eigenvalue weighted by atomic mass is 9.79. The number of nitrogens with two attached hydrogens (primary N) is 1. The van der Waals surface area contributed by atoms with Crippen molar-refractivity contribution in [1.29, 1.82) is 0 Å². The highest BCUT2D eigenvalue weighted by Gasteiger charge is 2.57. The minimum absolute atomic E-state index is 0.0113. The number of carbonyl (C=O) groups excluding carboxylic acids is 5. The Balaban J connectivity index is 1.39. The molecular formula is C47H71N7O11. The number of methoxy groups -OCH3 is 1. The molecule has 8 N–H and O–H groups in total. The van der Waals surface area contributed by atoms with Gasteiger partial charge in [-0.2, -0.15) is 0 Å². The van der Waals surface area contributed by atoms with Crippen molar-refractivity contribution in [2.24, 2.45) is 11.7 Å². The topological polar surface area (TPSA) is 243 Å². The Morgan fingerprint density at radius 2 is 1.54 bits per heavy atom. The van der Waals surface area contributed by atoms with Crippen molar-refractivity contribution < 1.29 is 53.1 Å². The molecule has 360 valence electrons. The summed E-state index contributed by atoms with van der Waals surface area (Å²) >= 11 is 0. The fourth-order valence-corrected chi connectivity index (χ4v) is 8.60. The van der Waals surface area contributed by atoms with E-state index in [9.17, 15) is 34.2 Å². The van der Waals surface area contributed by atoms with E-state index in [4.69, 9.17) is 24.7 Å². The van der Waals surface area contributed by atoms with Gasteiger partial charge in [0.1, 0.15) is 35.1 Å². The van der Waals surface area contributed by atoms with E-state index in [1.54, 1.807) is 56.9 Å². The van der Waals surface area contributed by atoms with E-state index in [1.165, 1.54) is 14.0 Å². The van der Waals surface area contributed by atoms with E-state index in [0.29, 0.717) is 37.5 Å². The highest BCUT2D eigenvalue weighted by Crippen LogP contribution is 2.37. The Kier molecular flexibility index (Phi) is 18.1. The SMILES string of the molecule is COc1ccc(C[C@H](NC(=O)[C@H](COCc2ccccc2)NC(=O)CN2CCN(C(=O)OC(C)(C)C)CC2)C(=O)N[C@@H](CC2CCCCC2)[C@]2(O)O[C@H](C)[C@@H](C(N)=O)NC[C@@]2(C)O)cc1. The maximum Gasteiger partial charge on any atom is 0.410 e. The van der Waals surface area contributed by atoms with Gasteiger partial charge in [0.05, 0.1) is 39.0 Å². The Morgan fingerprint density at radius 1 is 0.892 bits per heavy atom. The van der Waals surface area contributed by atoms with Crippen LogP contribution in [0.5, 0.6) is 5.75 Å². The van der Waals surface area contributed by atoms with Crippen molar-refractivity contribution >= 4 is 29.7 Å². The van der Waals surface area contributed by atoms with Gasteiger partial charge in [0.15, 0.2) is 0 Å². The first-order chi connectivity index (χ1) is 30.8. The lowest BCUT2D eigenvalue weighted by Gasteiger charge is -2.46. The average molecular weight is 910 g/mol. The van der Waals surface area contributed by atoms with Crippen LogP contribution in [0.3, 0.4) is 0 Å². The molecule has 2 aromatic carbocycles. The van der Waals surface area contributed by atoms with E-state index in [1.807, 2.05) is 35.2 Å². The van der Waals surface area contributed by atoms with Crippen molar-refractivity contribution in [3.63, 3.8) is 0 Å². The monoisotopic (exact) mass is 910 g/mol. The zero-order valence-corrected chi connectivity index (χ0v) is 38.8. The van der Waals surface area contributed by atoms with Gasteiger partial charge in [0, 0.05) is 39.1 Å². The molecule has 1 aliphatic carbocycles. The molecule has 2 aromatic rings. The molecule has 2 heterocycles. The Morgan fingerprint density at radius 3 is 2.15 bits per heavy atom. The van der Waals surface area contributed by atoms with Crippen LogP contribution in [0.1, 0.15) is 84.3 Å². The van der Waals surface area contributed by atoms with Gasteiger partial charge in [-0.15, -0.1) is 0 Å². The van der Waals surface area contributed by atoms with Crippen LogP contribution in [-0.4, -0.2) is 150 Å². The molecule has 3 aliphatic rings. The van der Waals surface area contributed by atoms with Crippen molar-refractivity contribution in [1.82, 2.24) is 31.1 Å². The largest absolute Gasteiger partial charge is 0.497 e. The van der Waals surface area contributed by atoms with Crippen LogP contribution in [0.15, 0.2) is 54.6 Å². The summed E-state index contributed by atoms with van der Waals surface area (Å²) in [6, 6.07) is 11.6. The van der Waals surface area contributed by atoms with E-state index in [2.05, 4.69) is 21.3 Å². The molecule has 18 nitrogen and oxygen atoms in total. The lowest BCUT2D eigenvalue weighted by Crippen LogP contribution is -2.69. The first kappa shape index (κ1) is 51.1. The molecular weight excluding hydrogens is 839 g/mol. The second-order valence-corrected chi connectivity index (χ2v) is 18.8. The van der Waals surface area contributed by atoms with E-state index < -0.39 is 77.0 Å². The van der Waals surface area contributed by atoms with Crippen LogP contribution in [0.4, 0.5) is 4.79 Å². The van der Waals surface area contributed by atoms with Gasteiger partial charge < -0.3 is 61.1 Å². The number of aliphatic hydroxyl groups is 2. The summed E-state index contributed by atoms with van der Waals surface area (Å²) in [6.45, 7) is 9.41. The number of primary amides is 1. The molecule has 1 saturated carbocycles. The van der Waals surface area contributed by atoms with Crippen LogP contribution in [-0.2, 0) is 46.4 Å². The smallest absolute Gasteiger partial charge is 0.410 e. The number of hydrogen-bond donors (Lipinski definition) is 7. The summed E-state index contributed by atoms with van der Waals surface area (Å²) < 4.78 is 23.0. The van der Waals surface area contributed by atoms with E-state index in [0.717, 1.165) is 37.7 Å². The predicted molar refractivity (Wildman–Crippen MR) is 241 cm³/mol. The highest BCUT2D eigenvalue weighted by atomic mass is 16.7. The number of nitrogens with zero attached hydrogens (tertiary/aromatic N) is 2. The maximum atomic E-state index is 14.8. The van der Waals surface area contributed by atoms with Crippen LogP contribution < -0.4 is 31.7 Å². The van der Waals surface area contributed by atoms with E-state index in [-0.39, 0.29) is 45.1 Å². The molecule has 5 amide bonds. The minimum Gasteiger partial charge on any atom is -0.497 e. The second-order valence-electron chi connectivity index (χ2n) is 18.8. The van der Waals surface area contributed by atoms with Gasteiger partial charge in [-0.25, -0.2) is 4.79 Å². The van der Waals surface area contributed by atoms with Crippen molar-refractivity contribution in [3.8, 4) is 5.75 Å². The summed E-state index contributed by atoms with van der Waals surface area (Å²) in [4.78, 5) is 71.4. The van der Waals surface area contributed by atoms with Gasteiger partial charge in [-0.3, -0.25) is 24.1 Å². The normalized spacial score (nSPS) is 24.7. The number of benzene rings is 2. The van der Waals surface area contributed by atoms with Gasteiger partial charge in [-0.1, -0.05) is 74.6 Å². The number of β-amino-alcohol motifs (C(OH)–C–C–N with tert-alkyl or cyclic N) is 1. The molecule has 2 saturated heterocycles. The molecule has 0 radical (unpaired) electrons. The molecule has 7 atom stereocenters. The lowest BCUT2D eigenvalue weighted by molar-refractivity contribution is -0.314. The molecule has 0 spiro atoms. The highest BCUT2D eigenvalue weighted by molar-refractivity contribution is 5.92. The van der Waals surface area contributed by atoms with Gasteiger partial charge in [0.25, 0.3) is 0 Å². The van der Waals surface area contributed by atoms with E-state index >= 15 is 0 Å². The minimum atomic E-state index is -2.41. The van der Waals surface area contributed by atoms with Crippen LogP contribution >= 0.6 is 0 Å². The standard InChI is InChI=1S/C47H71N7O11/c1-31-40(41(48)56)49-30-46(5,60)47(61,64-31)38(26-32-13-9-7-10-14-32)52-42(57)36(25-33-17-19-35(62-6)20-18-33)51-43(58)37(29-63-28-34-15-11-8-12-16-34)50-39(55)27-53-21-23-54(24-22-53)44(59)65-45(2,3)4/h8,11-12,15-20,31-32,36-38,40,49,60-61H,7,9-10,13-14,21-30H2,1-6H3,(H2,48,56)(H,50,55)(H,51,58)(H,52,57)/t31-,36+,37+,38+,40+,46-,47+/m1/s1. The molecule has 65 heavy (non-hydrogen) atoms. The number of carbonyl (C=O) groups is 5. The third-order valence-corrected chi connectivity index (χ3v) is 12.3. The number of amides is 5. The maximum absolute atomic E-state index is 14.8. The third-order valence-electron chi connectivity index (χ3n) is 12.3. The number of rotatable bonds is 18. The van der Waals surface area contributed by atoms with Crippen LogP contribution in [0.2, 0.25) is 0 Å². The van der Waals surface area contributed by atoms with Gasteiger partial charge in [0.2, 0.25) is 29.4 Å². The number of hydrogen-bond acceptors (Lipinski definition) is 13. The summed E-state index contributed by atoms with van der Waals surface area (Å²) in [5, 5.41) is 36.0. The quantitative estimate of drug-likeness (QED) is 0.113. The van der Waals surface area contributed by atoms with Crippen molar-refractivity contribution in [3.05, 3.63) is 65.7 Å². The number of piperazine rings is 1. The molecule has 0 aromatic heterocycles. The Labute approximate surface area is 382 Å². The fraction of sp³-hybridized carbons (Fsp3) is 0.638. The van der Waals surface area contributed by atoms with Crippen LogP contribution in [0.25, 0.3) is 0 Å². The Hall–Kier alpha value is -4.85. The molecule has 5 rings (SSSR count). The first-order valence-electron chi connectivity index (χ1n) is 22.8. The predicted octanol–water partition coefficient (Wildman–Crippen LogP) is 1.73. The van der Waals surface area contributed by atoms with Crippen molar-refractivity contribution in [2.45, 2.75) is 133 Å². The zero-order valence-electron chi connectivity index (χ0n) is 38.8. The second kappa shape index (κ2) is 23.1. The zero-order chi connectivity index (χ0) is 47.4. The molecule has 0 bridgehead atoms. The molecule has 2 aliphatic heterocycles. The first-order valence-corrected chi connectivity index (χ1v) is 22.8. The summed E-state index contributed by atoms with van der Waals surface area (Å²) in [5.41, 5.74) is 4.51. The number of nitrogens with one attached hydrogen (secondary N) is 4. The third kappa shape index (κ3) is 14.8. The average Bonchev–Trinajstić information content (AvgIpc) is 3.35. The van der Waals surface area contributed by atoms with Crippen LogP contribution in [0, 0.1) is 5.92 Å². The molecule has 3 fully saturated rings. The molecule has 18 heteroatoms. The van der Waals surface area contributed by atoms with Crippen molar-refractivity contribution in [2.75, 3.05) is 53.0 Å². The summed E-state index contributed by atoms with van der Waals surface area (Å²) in [5.74, 6) is -4.34. The van der Waals surface area contributed by atoms with Gasteiger partial charge >= 0.3 is 6.09 Å². The molecule has 0 unspecified atom stereocenters. The number of ether oxygens (including phenoxy) is 4. The Bertz CT molecular complexity index is 1880. The summed E-state index contributed by atoms with van der Waals surface area (Å²) in [7, 11) is 1.54. The summed E-state index contributed by atoms with van der Waals surface area (Å²) in [6.07, 6.45) is 3.43.